The van der Waals surface area contributed by atoms with Crippen LogP contribution in [-0.4, -0.2) is 22.0 Å². The molecular weight excluding hydrogens is 246 g/mol. The number of halogens is 2. The normalized spacial score (nSPS) is 12.5. The van der Waals surface area contributed by atoms with E-state index in [9.17, 15) is 23.5 Å². The summed E-state index contributed by atoms with van der Waals surface area (Å²) in [5.74, 6) is -1.80. The fourth-order valence-electron chi connectivity index (χ4n) is 1.58. The maximum absolute atomic E-state index is 12.5. The van der Waals surface area contributed by atoms with E-state index >= 15 is 0 Å². The van der Waals surface area contributed by atoms with E-state index in [0.29, 0.717) is 0 Å². The van der Waals surface area contributed by atoms with Gasteiger partial charge in [-0.3, -0.25) is 4.79 Å². The number of aliphatic hydroxyl groups is 1. The third-order valence-corrected chi connectivity index (χ3v) is 2.39. The van der Waals surface area contributed by atoms with Crippen molar-refractivity contribution in [3.8, 4) is 0 Å². The molecule has 0 radical (unpaired) electrons. The van der Waals surface area contributed by atoms with Crippen molar-refractivity contribution in [3.05, 3.63) is 34.9 Å². The maximum atomic E-state index is 12.5. The number of alkyl halides is 2. The predicted octanol–water partition coefficient (Wildman–Crippen LogP) is 1.87. The lowest BCUT2D eigenvalue weighted by molar-refractivity contribution is -0.147. The summed E-state index contributed by atoms with van der Waals surface area (Å²) in [5, 5.41) is 18.1. The van der Waals surface area contributed by atoms with Gasteiger partial charge in [0, 0.05) is 12.0 Å². The number of Topliss-reactive ketones (excluding diaryl/α,β-unsaturated/α-hetero) is 1. The number of rotatable bonds is 5. The number of benzene rings is 1. The first kappa shape index (κ1) is 14.2. The van der Waals surface area contributed by atoms with Crippen molar-refractivity contribution in [2.45, 2.75) is 25.9 Å². The lowest BCUT2D eigenvalue weighted by Gasteiger charge is -2.13. The third kappa shape index (κ3) is 3.33. The third-order valence-electron chi connectivity index (χ3n) is 2.39. The summed E-state index contributed by atoms with van der Waals surface area (Å²) >= 11 is 0. The van der Waals surface area contributed by atoms with Gasteiger partial charge in [0.25, 0.3) is 6.43 Å². The highest BCUT2D eigenvalue weighted by Gasteiger charge is 2.21. The van der Waals surface area contributed by atoms with Gasteiger partial charge >= 0.3 is 5.97 Å². The molecule has 0 saturated carbocycles. The van der Waals surface area contributed by atoms with Crippen LogP contribution in [0.2, 0.25) is 0 Å². The molecule has 0 aliphatic carbocycles. The summed E-state index contributed by atoms with van der Waals surface area (Å²) in [6.07, 6.45) is -4.74. The molecule has 1 unspecified atom stereocenters. The molecule has 1 atom stereocenters. The summed E-state index contributed by atoms with van der Waals surface area (Å²) in [6.45, 7) is 1.26. The van der Waals surface area contributed by atoms with Gasteiger partial charge < -0.3 is 10.2 Å². The summed E-state index contributed by atoms with van der Waals surface area (Å²) in [7, 11) is 0. The van der Waals surface area contributed by atoms with Gasteiger partial charge in [0.05, 0.1) is 0 Å². The van der Waals surface area contributed by atoms with E-state index in [1.165, 1.54) is 6.92 Å². The van der Waals surface area contributed by atoms with E-state index in [-0.39, 0.29) is 28.9 Å². The van der Waals surface area contributed by atoms with E-state index in [0.717, 1.165) is 18.2 Å². The Morgan fingerprint density at radius 3 is 2.39 bits per heavy atom. The van der Waals surface area contributed by atoms with Gasteiger partial charge in [-0.15, -0.1) is 0 Å². The minimum Gasteiger partial charge on any atom is -0.479 e. The van der Waals surface area contributed by atoms with Gasteiger partial charge in [0.2, 0.25) is 0 Å². The van der Waals surface area contributed by atoms with E-state index in [2.05, 4.69) is 0 Å². The molecule has 2 N–H and O–H groups in total. The highest BCUT2D eigenvalue weighted by molar-refractivity contribution is 5.80. The molecule has 0 saturated heterocycles. The molecule has 98 valence electrons. The second kappa shape index (κ2) is 5.68. The number of aliphatic carboxylic acids is 1. The second-order valence-corrected chi connectivity index (χ2v) is 3.88. The molecule has 1 aromatic rings. The monoisotopic (exact) mass is 258 g/mol. The number of carbonyl (C=O) groups is 2. The van der Waals surface area contributed by atoms with Gasteiger partial charge in [-0.1, -0.05) is 12.1 Å². The van der Waals surface area contributed by atoms with Crippen molar-refractivity contribution < 1.29 is 28.6 Å². The number of aliphatic hydroxyl groups excluding tert-OH is 1. The molecular formula is C12H12F2O4. The van der Waals surface area contributed by atoms with Crippen molar-refractivity contribution in [1.82, 2.24) is 0 Å². The van der Waals surface area contributed by atoms with Crippen LogP contribution in [0.3, 0.4) is 0 Å². The summed E-state index contributed by atoms with van der Waals surface area (Å²) in [5.41, 5.74) is -0.245. The Bertz CT molecular complexity index is 471. The zero-order valence-corrected chi connectivity index (χ0v) is 9.56. The smallest absolute Gasteiger partial charge is 0.337 e. The highest BCUT2D eigenvalue weighted by Crippen LogP contribution is 2.26. The van der Waals surface area contributed by atoms with Crippen molar-refractivity contribution in [2.24, 2.45) is 0 Å². The van der Waals surface area contributed by atoms with Crippen molar-refractivity contribution >= 4 is 11.8 Å². The standard InChI is InChI=1S/C12H12F2O4/c1-6(15)4-8-5-7(11(13)14)2-3-9(8)10(16)12(17)18/h2-3,5,10-11,16H,4H2,1H3,(H,17,18). The average molecular weight is 258 g/mol. The van der Waals surface area contributed by atoms with Gasteiger partial charge in [-0.05, 0) is 24.1 Å². The number of hydrogen-bond acceptors (Lipinski definition) is 3. The SMILES string of the molecule is CC(=O)Cc1cc(C(F)F)ccc1C(O)C(=O)O. The van der Waals surface area contributed by atoms with Crippen LogP contribution in [0.15, 0.2) is 18.2 Å². The molecule has 4 nitrogen and oxygen atoms in total. The molecule has 0 amide bonds. The first-order valence-corrected chi connectivity index (χ1v) is 5.14. The van der Waals surface area contributed by atoms with Crippen LogP contribution in [0.25, 0.3) is 0 Å². The Morgan fingerprint density at radius 1 is 1.33 bits per heavy atom. The molecule has 1 rings (SSSR count). The number of carbonyl (C=O) groups excluding carboxylic acids is 1. The Labute approximate surface area is 102 Å². The summed E-state index contributed by atoms with van der Waals surface area (Å²) in [4.78, 5) is 21.7. The van der Waals surface area contributed by atoms with E-state index in [1.54, 1.807) is 0 Å². The van der Waals surface area contributed by atoms with Gasteiger partial charge in [0.1, 0.15) is 5.78 Å². The highest BCUT2D eigenvalue weighted by atomic mass is 19.3. The van der Waals surface area contributed by atoms with Crippen LogP contribution in [0, 0.1) is 0 Å². The van der Waals surface area contributed by atoms with Crippen molar-refractivity contribution in [3.63, 3.8) is 0 Å². The average Bonchev–Trinajstić information content (AvgIpc) is 2.26. The molecule has 0 spiro atoms. The number of ketones is 1. The second-order valence-electron chi connectivity index (χ2n) is 3.88. The minimum atomic E-state index is -2.72. The molecule has 0 aromatic heterocycles. The van der Waals surface area contributed by atoms with E-state index in [4.69, 9.17) is 5.11 Å². The first-order valence-electron chi connectivity index (χ1n) is 5.14. The van der Waals surface area contributed by atoms with Gasteiger partial charge in [-0.2, -0.15) is 0 Å². The topological polar surface area (TPSA) is 74.6 Å². The fourth-order valence-corrected chi connectivity index (χ4v) is 1.58. The van der Waals surface area contributed by atoms with E-state index < -0.39 is 18.5 Å². The predicted molar refractivity (Wildman–Crippen MR) is 58.4 cm³/mol. The first-order chi connectivity index (χ1) is 8.32. The fraction of sp³-hybridized carbons (Fsp3) is 0.333. The van der Waals surface area contributed by atoms with E-state index in [1.807, 2.05) is 0 Å². The minimum absolute atomic E-state index is 0.0397. The zero-order chi connectivity index (χ0) is 13.9. The number of carboxylic acid groups (broad SMARTS) is 1. The lowest BCUT2D eigenvalue weighted by Crippen LogP contribution is -2.14. The molecule has 18 heavy (non-hydrogen) atoms. The van der Waals surface area contributed by atoms with Crippen LogP contribution in [0.1, 0.15) is 36.1 Å². The Hall–Kier alpha value is -1.82. The Morgan fingerprint density at radius 2 is 1.94 bits per heavy atom. The summed E-state index contributed by atoms with van der Waals surface area (Å²) < 4.78 is 25.0. The molecule has 1 aromatic carbocycles. The molecule has 0 heterocycles. The maximum Gasteiger partial charge on any atom is 0.337 e. The Kier molecular flexibility index (Phi) is 4.49. The largest absolute Gasteiger partial charge is 0.479 e. The van der Waals surface area contributed by atoms with Crippen LogP contribution in [0.5, 0.6) is 0 Å². The van der Waals surface area contributed by atoms with Crippen molar-refractivity contribution in [2.75, 3.05) is 0 Å². The van der Waals surface area contributed by atoms with Crippen LogP contribution < -0.4 is 0 Å². The lowest BCUT2D eigenvalue weighted by atomic mass is 9.96. The molecule has 6 heteroatoms. The van der Waals surface area contributed by atoms with Crippen LogP contribution in [0.4, 0.5) is 8.78 Å². The number of hydrogen-bond donors (Lipinski definition) is 2. The molecule has 0 aliphatic rings. The van der Waals surface area contributed by atoms with Crippen molar-refractivity contribution in [1.29, 1.82) is 0 Å². The zero-order valence-electron chi connectivity index (χ0n) is 9.56. The molecule has 0 aliphatic heterocycles. The summed E-state index contributed by atoms with van der Waals surface area (Å²) in [6, 6.07) is 3.20. The number of carboxylic acids is 1. The van der Waals surface area contributed by atoms with Gasteiger partial charge in [0.15, 0.2) is 6.10 Å². The van der Waals surface area contributed by atoms with Crippen LogP contribution in [-0.2, 0) is 16.0 Å². The Balaban J connectivity index is 3.24. The quantitative estimate of drug-likeness (QED) is 0.845. The molecule has 0 bridgehead atoms. The van der Waals surface area contributed by atoms with Gasteiger partial charge in [-0.25, -0.2) is 13.6 Å². The van der Waals surface area contributed by atoms with Crippen LogP contribution >= 0.6 is 0 Å². The molecule has 0 fully saturated rings.